The van der Waals surface area contributed by atoms with Crippen LogP contribution in [0.25, 0.3) is 11.1 Å². The van der Waals surface area contributed by atoms with Crippen LogP contribution >= 0.6 is 15.9 Å². The molecule has 0 aromatic heterocycles. The number of nitrogens with zero attached hydrogens (tertiary/aromatic N) is 1. The summed E-state index contributed by atoms with van der Waals surface area (Å²) in [5, 5.41) is 9.28. The molecule has 5 rings (SSSR count). The van der Waals surface area contributed by atoms with E-state index in [0.29, 0.717) is 12.2 Å². The lowest BCUT2D eigenvalue weighted by atomic mass is 9.98. The predicted molar refractivity (Wildman–Crippen MR) is 122 cm³/mol. The zero-order chi connectivity index (χ0) is 21.5. The van der Waals surface area contributed by atoms with E-state index in [2.05, 4.69) is 40.2 Å². The van der Waals surface area contributed by atoms with Crippen LogP contribution < -0.4 is 4.90 Å². The zero-order valence-electron chi connectivity index (χ0n) is 16.6. The Balaban J connectivity index is 1.38. The highest BCUT2D eigenvalue weighted by Gasteiger charge is 2.36. The van der Waals surface area contributed by atoms with Gasteiger partial charge in [-0.05, 0) is 46.0 Å². The van der Waals surface area contributed by atoms with Crippen molar-refractivity contribution in [2.24, 2.45) is 0 Å². The van der Waals surface area contributed by atoms with Crippen LogP contribution in [-0.2, 0) is 9.53 Å². The Morgan fingerprint density at radius 1 is 0.968 bits per heavy atom. The molecule has 0 fully saturated rings. The van der Waals surface area contributed by atoms with Gasteiger partial charge < -0.3 is 9.84 Å². The van der Waals surface area contributed by atoms with Crippen LogP contribution in [0.5, 0.6) is 0 Å². The smallest absolute Gasteiger partial charge is 0.414 e. The number of carboxylic acids is 1. The monoisotopic (exact) mass is 477 g/mol. The second-order valence-corrected chi connectivity index (χ2v) is 8.83. The lowest BCUT2D eigenvalue weighted by Crippen LogP contribution is -2.31. The number of rotatable bonds is 4. The van der Waals surface area contributed by atoms with Crippen molar-refractivity contribution < 1.29 is 19.4 Å². The minimum Gasteiger partial charge on any atom is -0.481 e. The van der Waals surface area contributed by atoms with Gasteiger partial charge in [0.15, 0.2) is 0 Å². The third-order valence-electron chi connectivity index (χ3n) is 6.10. The molecule has 1 aliphatic carbocycles. The van der Waals surface area contributed by atoms with Gasteiger partial charge >= 0.3 is 12.1 Å². The molecule has 0 saturated carbocycles. The van der Waals surface area contributed by atoms with Gasteiger partial charge in [0.1, 0.15) is 6.61 Å². The summed E-state index contributed by atoms with van der Waals surface area (Å²) >= 11 is 3.44. The Kier molecular flexibility index (Phi) is 5.02. The molecule has 1 amide bonds. The molecule has 0 bridgehead atoms. The molecule has 31 heavy (non-hydrogen) atoms. The lowest BCUT2D eigenvalue weighted by Gasteiger charge is -2.20. The minimum atomic E-state index is -0.884. The maximum Gasteiger partial charge on any atom is 0.414 e. The first-order valence-electron chi connectivity index (χ1n) is 10.2. The van der Waals surface area contributed by atoms with E-state index in [1.807, 2.05) is 42.5 Å². The van der Waals surface area contributed by atoms with E-state index in [1.165, 1.54) is 11.1 Å². The Bertz CT molecular complexity index is 1150. The summed E-state index contributed by atoms with van der Waals surface area (Å²) in [6, 6.07) is 22.0. The molecule has 0 radical (unpaired) electrons. The van der Waals surface area contributed by atoms with E-state index in [9.17, 15) is 14.7 Å². The van der Waals surface area contributed by atoms with Crippen molar-refractivity contribution in [1.82, 2.24) is 0 Å². The van der Waals surface area contributed by atoms with Crippen LogP contribution in [0.2, 0.25) is 0 Å². The summed E-state index contributed by atoms with van der Waals surface area (Å²) in [7, 11) is 0. The number of carbonyl (C=O) groups is 2. The van der Waals surface area contributed by atoms with Crippen LogP contribution in [0.4, 0.5) is 10.5 Å². The fourth-order valence-corrected chi connectivity index (χ4v) is 5.12. The van der Waals surface area contributed by atoms with Crippen LogP contribution in [0.3, 0.4) is 0 Å². The molecular formula is C25H20BrNO4. The van der Waals surface area contributed by atoms with Gasteiger partial charge in [-0.1, -0.05) is 64.5 Å². The maximum absolute atomic E-state index is 13.0. The van der Waals surface area contributed by atoms with E-state index in [0.717, 1.165) is 21.2 Å². The number of hydrogen-bond donors (Lipinski definition) is 1. The molecule has 2 aliphatic rings. The van der Waals surface area contributed by atoms with E-state index < -0.39 is 12.1 Å². The molecule has 0 spiro atoms. The molecule has 1 atom stereocenters. The van der Waals surface area contributed by atoms with Gasteiger partial charge in [0.05, 0.1) is 12.1 Å². The van der Waals surface area contributed by atoms with Crippen LogP contribution in [0.1, 0.15) is 34.9 Å². The predicted octanol–water partition coefficient (Wildman–Crippen LogP) is 5.78. The number of benzene rings is 3. The summed E-state index contributed by atoms with van der Waals surface area (Å²) in [5.41, 5.74) is 6.24. The molecule has 156 valence electrons. The fourth-order valence-electron chi connectivity index (χ4n) is 4.75. The van der Waals surface area contributed by atoms with E-state index in [4.69, 9.17) is 4.74 Å². The molecule has 0 saturated heterocycles. The molecule has 3 aromatic carbocycles. The number of aliphatic carboxylic acids is 1. The van der Waals surface area contributed by atoms with Crippen LogP contribution in [0, 0.1) is 0 Å². The van der Waals surface area contributed by atoms with Gasteiger partial charge in [-0.2, -0.15) is 0 Å². The van der Waals surface area contributed by atoms with Crippen molar-refractivity contribution in [1.29, 1.82) is 0 Å². The average molecular weight is 478 g/mol. The first kappa shape index (κ1) is 19.8. The van der Waals surface area contributed by atoms with Crippen molar-refractivity contribution in [2.45, 2.75) is 18.3 Å². The molecular weight excluding hydrogens is 458 g/mol. The maximum atomic E-state index is 13.0. The largest absolute Gasteiger partial charge is 0.481 e. The third-order valence-corrected chi connectivity index (χ3v) is 6.59. The Hall–Kier alpha value is -3.12. The van der Waals surface area contributed by atoms with E-state index in [-0.39, 0.29) is 24.9 Å². The molecule has 6 heteroatoms. The second-order valence-electron chi connectivity index (χ2n) is 7.91. The highest BCUT2D eigenvalue weighted by Crippen LogP contribution is 2.45. The van der Waals surface area contributed by atoms with Crippen molar-refractivity contribution in [3.63, 3.8) is 0 Å². The quantitative estimate of drug-likeness (QED) is 0.517. The number of carboxylic acid groups (broad SMARTS) is 1. The topological polar surface area (TPSA) is 66.8 Å². The first-order chi connectivity index (χ1) is 15.0. The van der Waals surface area contributed by atoms with E-state index in [1.54, 1.807) is 4.90 Å². The van der Waals surface area contributed by atoms with Gasteiger partial charge in [0.25, 0.3) is 0 Å². The highest BCUT2D eigenvalue weighted by molar-refractivity contribution is 9.10. The Morgan fingerprint density at radius 3 is 2.26 bits per heavy atom. The molecule has 1 heterocycles. The van der Waals surface area contributed by atoms with Crippen molar-refractivity contribution in [2.75, 3.05) is 18.1 Å². The number of amides is 1. The number of carbonyl (C=O) groups excluding carboxylic acids is 1. The van der Waals surface area contributed by atoms with Gasteiger partial charge in [-0.15, -0.1) is 0 Å². The minimum absolute atomic E-state index is 0.0156. The van der Waals surface area contributed by atoms with Crippen molar-refractivity contribution in [3.8, 4) is 11.1 Å². The fraction of sp³-hybridized carbons (Fsp3) is 0.200. The first-order valence-corrected chi connectivity index (χ1v) is 11.0. The van der Waals surface area contributed by atoms with Gasteiger partial charge in [-0.3, -0.25) is 9.69 Å². The summed E-state index contributed by atoms with van der Waals surface area (Å²) in [4.78, 5) is 25.9. The molecule has 1 N–H and O–H groups in total. The normalized spacial score (nSPS) is 16.5. The molecule has 5 nitrogen and oxygen atoms in total. The summed E-state index contributed by atoms with van der Waals surface area (Å²) in [6.45, 7) is 0.535. The number of ether oxygens (including phenoxy) is 1. The number of fused-ring (bicyclic) bond motifs is 4. The van der Waals surface area contributed by atoms with Gasteiger partial charge in [-0.25, -0.2) is 4.79 Å². The van der Waals surface area contributed by atoms with Crippen molar-refractivity contribution >= 4 is 33.7 Å². The summed E-state index contributed by atoms with van der Waals surface area (Å²) < 4.78 is 6.65. The number of hydrogen-bond acceptors (Lipinski definition) is 3. The van der Waals surface area contributed by atoms with Crippen LogP contribution in [-0.4, -0.2) is 30.3 Å². The lowest BCUT2D eigenvalue weighted by molar-refractivity contribution is -0.137. The Labute approximate surface area is 188 Å². The van der Waals surface area contributed by atoms with Crippen LogP contribution in [0.15, 0.2) is 71.2 Å². The Morgan fingerprint density at radius 2 is 1.61 bits per heavy atom. The number of halogens is 1. The van der Waals surface area contributed by atoms with E-state index >= 15 is 0 Å². The summed E-state index contributed by atoms with van der Waals surface area (Å²) in [6.07, 6.45) is -0.477. The highest BCUT2D eigenvalue weighted by atomic mass is 79.9. The zero-order valence-corrected chi connectivity index (χ0v) is 18.2. The molecule has 3 aromatic rings. The molecule has 1 unspecified atom stereocenters. The SMILES string of the molecule is O=C(O)CC1CN(C(=O)OCC2c3ccccc3-c3ccccc32)c2ccc(Br)cc21. The van der Waals surface area contributed by atoms with Crippen molar-refractivity contribution in [3.05, 3.63) is 87.9 Å². The summed E-state index contributed by atoms with van der Waals surface area (Å²) in [5.74, 6) is -1.16. The third kappa shape index (κ3) is 3.51. The molecule has 1 aliphatic heterocycles. The number of anilines is 1. The second kappa shape index (κ2) is 7.85. The standard InChI is InChI=1S/C25H20BrNO4/c26-16-9-10-23-21(12-16)15(11-24(28)29)13-27(23)25(30)31-14-22-19-7-3-1-5-17(19)18-6-2-4-8-20(18)22/h1-10,12,15,22H,11,13-14H2,(H,28,29). The van der Waals surface area contributed by atoms with Gasteiger partial charge in [0, 0.05) is 22.9 Å². The van der Waals surface area contributed by atoms with Gasteiger partial charge in [0.2, 0.25) is 0 Å². The average Bonchev–Trinajstić information content (AvgIpc) is 3.27.